The maximum Gasteiger partial charge on any atom is 0.321 e. The standard InChI is InChI=1S/C14H39NO3Si4/c1-19(2,3)17-21(7,8)16-12-14-22(9,13-10-11-15)18-20(4,5)6/h10-15H2,1-9H3. The Bertz CT molecular complexity index is 329. The van der Waals surface area contributed by atoms with E-state index >= 15 is 0 Å². The first-order chi connectivity index (χ1) is 9.68. The van der Waals surface area contributed by atoms with Crippen molar-refractivity contribution in [2.45, 2.75) is 77.4 Å². The van der Waals surface area contributed by atoms with Gasteiger partial charge in [-0.1, -0.05) is 0 Å². The Hall–Kier alpha value is 0.708. The molecule has 134 valence electrons. The average molecular weight is 382 g/mol. The summed E-state index contributed by atoms with van der Waals surface area (Å²) in [4.78, 5) is 0. The maximum absolute atomic E-state index is 6.57. The molecule has 1 unspecified atom stereocenters. The lowest BCUT2D eigenvalue weighted by Gasteiger charge is -2.36. The Morgan fingerprint density at radius 3 is 1.64 bits per heavy atom. The normalized spacial score (nSPS) is 16.6. The van der Waals surface area contributed by atoms with Crippen molar-refractivity contribution in [1.82, 2.24) is 0 Å². The summed E-state index contributed by atoms with van der Waals surface area (Å²) in [6.07, 6.45) is 1.05. The van der Waals surface area contributed by atoms with Crippen molar-refractivity contribution < 1.29 is 12.7 Å². The summed E-state index contributed by atoms with van der Waals surface area (Å²) in [7, 11) is -6.81. The van der Waals surface area contributed by atoms with Crippen LogP contribution in [0.4, 0.5) is 0 Å². The summed E-state index contributed by atoms with van der Waals surface area (Å²) in [5.41, 5.74) is 5.70. The molecule has 0 spiro atoms. The smallest absolute Gasteiger partial charge is 0.321 e. The van der Waals surface area contributed by atoms with Crippen molar-refractivity contribution in [3.63, 3.8) is 0 Å². The van der Waals surface area contributed by atoms with Gasteiger partial charge in [0.05, 0.1) is 0 Å². The van der Waals surface area contributed by atoms with Crippen LogP contribution in [-0.2, 0) is 12.7 Å². The van der Waals surface area contributed by atoms with Crippen LogP contribution in [0.5, 0.6) is 0 Å². The fourth-order valence-electron chi connectivity index (χ4n) is 2.72. The predicted molar refractivity (Wildman–Crippen MR) is 107 cm³/mol. The van der Waals surface area contributed by atoms with Crippen molar-refractivity contribution in [1.29, 1.82) is 0 Å². The first kappa shape index (κ1) is 22.7. The van der Waals surface area contributed by atoms with Gasteiger partial charge >= 0.3 is 8.56 Å². The molecule has 0 fully saturated rings. The molecule has 2 N–H and O–H groups in total. The summed E-state index contributed by atoms with van der Waals surface area (Å²) in [6.45, 7) is 21.7. The zero-order chi connectivity index (χ0) is 17.7. The van der Waals surface area contributed by atoms with Crippen LogP contribution < -0.4 is 5.73 Å². The minimum absolute atomic E-state index is 0.748. The second kappa shape index (κ2) is 8.70. The van der Waals surface area contributed by atoms with E-state index in [1.807, 2.05) is 0 Å². The van der Waals surface area contributed by atoms with Crippen LogP contribution in [0.1, 0.15) is 6.42 Å². The van der Waals surface area contributed by atoms with Gasteiger partial charge in [-0.15, -0.1) is 0 Å². The van der Waals surface area contributed by atoms with E-state index in [0.29, 0.717) is 0 Å². The van der Waals surface area contributed by atoms with E-state index in [1.54, 1.807) is 0 Å². The van der Waals surface area contributed by atoms with Gasteiger partial charge in [0.2, 0.25) is 0 Å². The molecule has 0 rings (SSSR count). The number of hydrogen-bond acceptors (Lipinski definition) is 4. The molecule has 0 saturated heterocycles. The molecule has 0 amide bonds. The van der Waals surface area contributed by atoms with Crippen molar-refractivity contribution in [3.8, 4) is 0 Å². The van der Waals surface area contributed by atoms with E-state index in [0.717, 1.165) is 31.7 Å². The van der Waals surface area contributed by atoms with E-state index in [2.05, 4.69) is 58.9 Å². The third-order valence-corrected chi connectivity index (χ3v) is 15.5. The summed E-state index contributed by atoms with van der Waals surface area (Å²) < 4.78 is 19.0. The second-order valence-electron chi connectivity index (χ2n) is 8.77. The molecular weight excluding hydrogens is 343 g/mol. The Kier molecular flexibility index (Phi) is 8.98. The lowest BCUT2D eigenvalue weighted by molar-refractivity contribution is 0.257. The zero-order valence-corrected chi connectivity index (χ0v) is 20.3. The summed E-state index contributed by atoms with van der Waals surface area (Å²) in [5.74, 6) is 0. The summed E-state index contributed by atoms with van der Waals surface area (Å²) >= 11 is 0. The maximum atomic E-state index is 6.57. The average Bonchev–Trinajstić information content (AvgIpc) is 2.19. The molecule has 4 nitrogen and oxygen atoms in total. The molecule has 0 radical (unpaired) electrons. The SMILES string of the molecule is C[Si](C)(C)O[Si](C)(CCCN)CCO[Si](C)(C)O[Si](C)(C)C. The number of hydrogen-bond donors (Lipinski definition) is 1. The minimum Gasteiger partial charge on any atom is -0.455 e. The Morgan fingerprint density at radius 1 is 0.727 bits per heavy atom. The van der Waals surface area contributed by atoms with Crippen molar-refractivity contribution in [2.24, 2.45) is 5.73 Å². The van der Waals surface area contributed by atoms with Crippen LogP contribution in [0.3, 0.4) is 0 Å². The third kappa shape index (κ3) is 12.2. The van der Waals surface area contributed by atoms with Gasteiger partial charge in [-0.05, 0) is 84.0 Å². The molecule has 1 atom stereocenters. The van der Waals surface area contributed by atoms with E-state index in [-0.39, 0.29) is 0 Å². The molecule has 0 aromatic rings. The summed E-state index contributed by atoms with van der Waals surface area (Å²) in [6, 6.07) is 2.18. The fraction of sp³-hybridized carbons (Fsp3) is 1.00. The van der Waals surface area contributed by atoms with Crippen molar-refractivity contribution in [2.75, 3.05) is 13.2 Å². The van der Waals surface area contributed by atoms with Crippen molar-refractivity contribution >= 4 is 33.5 Å². The van der Waals surface area contributed by atoms with Crippen molar-refractivity contribution in [3.05, 3.63) is 0 Å². The van der Waals surface area contributed by atoms with Gasteiger partial charge in [-0.3, -0.25) is 0 Å². The molecule has 0 aromatic carbocycles. The lowest BCUT2D eigenvalue weighted by atomic mass is 10.5. The van der Waals surface area contributed by atoms with Crippen LogP contribution in [-0.4, -0.2) is 46.7 Å². The topological polar surface area (TPSA) is 53.7 Å². The van der Waals surface area contributed by atoms with Crippen LogP contribution in [0.2, 0.25) is 71.0 Å². The molecule has 0 aliphatic heterocycles. The molecule has 0 aliphatic rings. The first-order valence-corrected chi connectivity index (χ1v) is 20.9. The van der Waals surface area contributed by atoms with Gasteiger partial charge in [0.1, 0.15) is 0 Å². The van der Waals surface area contributed by atoms with Gasteiger partial charge in [0.15, 0.2) is 25.0 Å². The molecule has 0 heterocycles. The Labute approximate surface area is 142 Å². The molecule has 0 saturated carbocycles. The molecule has 8 heteroatoms. The first-order valence-electron chi connectivity index (χ1n) is 8.42. The molecule has 0 bridgehead atoms. The summed E-state index contributed by atoms with van der Waals surface area (Å²) in [5, 5.41) is 0. The van der Waals surface area contributed by atoms with E-state index in [4.69, 9.17) is 18.4 Å². The van der Waals surface area contributed by atoms with Crippen LogP contribution in [0, 0.1) is 0 Å². The Morgan fingerprint density at radius 2 is 1.23 bits per heavy atom. The highest BCUT2D eigenvalue weighted by molar-refractivity contribution is 6.85. The van der Waals surface area contributed by atoms with Gasteiger partial charge < -0.3 is 18.4 Å². The largest absolute Gasteiger partial charge is 0.455 e. The lowest BCUT2D eigenvalue weighted by Crippen LogP contribution is -2.48. The minimum atomic E-state index is -2.01. The highest BCUT2D eigenvalue weighted by Crippen LogP contribution is 2.25. The van der Waals surface area contributed by atoms with Gasteiger partial charge in [0.25, 0.3) is 0 Å². The van der Waals surface area contributed by atoms with E-state index in [1.165, 1.54) is 0 Å². The van der Waals surface area contributed by atoms with Crippen LogP contribution in [0.15, 0.2) is 0 Å². The van der Waals surface area contributed by atoms with Crippen LogP contribution in [0.25, 0.3) is 0 Å². The van der Waals surface area contributed by atoms with E-state index < -0.39 is 33.5 Å². The number of rotatable bonds is 11. The van der Waals surface area contributed by atoms with Gasteiger partial charge in [0, 0.05) is 6.61 Å². The van der Waals surface area contributed by atoms with Gasteiger partial charge in [-0.25, -0.2) is 0 Å². The monoisotopic (exact) mass is 381 g/mol. The number of nitrogens with two attached hydrogens (primary N) is 1. The van der Waals surface area contributed by atoms with E-state index in [9.17, 15) is 0 Å². The molecule has 22 heavy (non-hydrogen) atoms. The highest BCUT2D eigenvalue weighted by atomic mass is 28.4. The highest BCUT2D eigenvalue weighted by Gasteiger charge is 2.36. The second-order valence-corrected chi connectivity index (χ2v) is 25.8. The fourth-order valence-corrected chi connectivity index (χ4v) is 18.1. The molecule has 0 aliphatic carbocycles. The third-order valence-electron chi connectivity index (χ3n) is 3.09. The van der Waals surface area contributed by atoms with Gasteiger partial charge in [-0.2, -0.15) is 0 Å². The predicted octanol–water partition coefficient (Wildman–Crippen LogP) is 4.33. The Balaban J connectivity index is 4.57. The quantitative estimate of drug-likeness (QED) is 0.541. The van der Waals surface area contributed by atoms with Crippen LogP contribution >= 0.6 is 0 Å². The molecular formula is C14H39NO3Si4. The molecule has 0 aromatic heterocycles. The zero-order valence-electron chi connectivity index (χ0n) is 16.3.